The lowest BCUT2D eigenvalue weighted by molar-refractivity contribution is 0.0992. The molecule has 0 bridgehead atoms. The van der Waals surface area contributed by atoms with Crippen LogP contribution in [0.2, 0.25) is 0 Å². The van der Waals surface area contributed by atoms with Gasteiger partial charge in [-0.2, -0.15) is 0 Å². The third-order valence-corrected chi connectivity index (χ3v) is 3.78. The summed E-state index contributed by atoms with van der Waals surface area (Å²) in [5.74, 6) is -0.0449. The van der Waals surface area contributed by atoms with Gasteiger partial charge in [-0.05, 0) is 36.2 Å². The van der Waals surface area contributed by atoms with Crippen LogP contribution in [0.3, 0.4) is 0 Å². The fourth-order valence-electron chi connectivity index (χ4n) is 2.16. The second-order valence-electron chi connectivity index (χ2n) is 4.58. The second-order valence-corrected chi connectivity index (χ2v) is 5.49. The fraction of sp³-hybridized carbons (Fsp3) is 0.188. The summed E-state index contributed by atoms with van der Waals surface area (Å²) in [7, 11) is 1.74. The highest BCUT2D eigenvalue weighted by molar-refractivity contribution is 9.10. The normalized spacial score (nSPS) is 10.3. The molecule has 4 heteroatoms. The quantitative estimate of drug-likeness (QED) is 0.867. The van der Waals surface area contributed by atoms with E-state index in [0.29, 0.717) is 11.4 Å². The highest BCUT2D eigenvalue weighted by Crippen LogP contribution is 2.27. The van der Waals surface area contributed by atoms with Crippen LogP contribution in [-0.4, -0.2) is 13.0 Å². The lowest BCUT2D eigenvalue weighted by atomic mass is 10.0. The van der Waals surface area contributed by atoms with E-state index in [1.54, 1.807) is 18.0 Å². The molecule has 0 saturated heterocycles. The highest BCUT2D eigenvalue weighted by Gasteiger charge is 2.17. The van der Waals surface area contributed by atoms with E-state index in [1.807, 2.05) is 43.3 Å². The summed E-state index contributed by atoms with van der Waals surface area (Å²) in [5.41, 5.74) is 9.03. The van der Waals surface area contributed by atoms with E-state index >= 15 is 0 Å². The largest absolute Gasteiger partial charge is 0.397 e. The predicted molar refractivity (Wildman–Crippen MR) is 87.1 cm³/mol. The second kappa shape index (κ2) is 6.09. The van der Waals surface area contributed by atoms with E-state index in [4.69, 9.17) is 5.73 Å². The van der Waals surface area contributed by atoms with Gasteiger partial charge >= 0.3 is 0 Å². The summed E-state index contributed by atoms with van der Waals surface area (Å²) >= 11 is 3.37. The molecular formula is C16H17BrN2O. The zero-order valence-electron chi connectivity index (χ0n) is 11.6. The first kappa shape index (κ1) is 14.6. The molecule has 20 heavy (non-hydrogen) atoms. The zero-order valence-corrected chi connectivity index (χ0v) is 13.1. The SMILES string of the molecule is CCc1ccccc1C(=O)N(C)c1ccc(Br)cc1N. The van der Waals surface area contributed by atoms with Crippen molar-refractivity contribution in [1.82, 2.24) is 0 Å². The highest BCUT2D eigenvalue weighted by atomic mass is 79.9. The Bertz CT molecular complexity index is 640. The first-order chi connectivity index (χ1) is 9.54. The number of nitrogen functional groups attached to an aromatic ring is 1. The number of benzene rings is 2. The van der Waals surface area contributed by atoms with E-state index in [0.717, 1.165) is 22.0 Å². The number of carbonyl (C=O) groups is 1. The molecule has 2 aromatic rings. The van der Waals surface area contributed by atoms with Gasteiger partial charge in [0.15, 0.2) is 0 Å². The van der Waals surface area contributed by atoms with E-state index < -0.39 is 0 Å². The van der Waals surface area contributed by atoms with E-state index in [2.05, 4.69) is 15.9 Å². The van der Waals surface area contributed by atoms with E-state index in [1.165, 1.54) is 0 Å². The Morgan fingerprint density at radius 2 is 1.95 bits per heavy atom. The number of rotatable bonds is 3. The summed E-state index contributed by atoms with van der Waals surface area (Å²) in [6, 6.07) is 13.2. The Morgan fingerprint density at radius 3 is 2.60 bits per heavy atom. The van der Waals surface area contributed by atoms with Gasteiger partial charge in [-0.15, -0.1) is 0 Å². The molecule has 0 heterocycles. The summed E-state index contributed by atoms with van der Waals surface area (Å²) in [4.78, 5) is 14.2. The molecule has 104 valence electrons. The minimum atomic E-state index is -0.0449. The molecule has 1 amide bonds. The number of aryl methyl sites for hydroxylation is 1. The molecule has 0 aromatic heterocycles. The maximum atomic E-state index is 12.6. The molecular weight excluding hydrogens is 316 g/mol. The zero-order chi connectivity index (χ0) is 14.7. The van der Waals surface area contributed by atoms with Crippen molar-refractivity contribution in [1.29, 1.82) is 0 Å². The van der Waals surface area contributed by atoms with Gasteiger partial charge in [-0.25, -0.2) is 0 Å². The van der Waals surface area contributed by atoms with Crippen molar-refractivity contribution >= 4 is 33.2 Å². The average molecular weight is 333 g/mol. The van der Waals surface area contributed by atoms with Crippen LogP contribution < -0.4 is 10.6 Å². The minimum absolute atomic E-state index is 0.0449. The number of amides is 1. The Kier molecular flexibility index (Phi) is 4.45. The van der Waals surface area contributed by atoms with Crippen molar-refractivity contribution in [3.05, 3.63) is 58.1 Å². The molecule has 2 aromatic carbocycles. The van der Waals surface area contributed by atoms with Crippen molar-refractivity contribution in [3.63, 3.8) is 0 Å². The van der Waals surface area contributed by atoms with Crippen molar-refractivity contribution in [2.75, 3.05) is 17.7 Å². The molecule has 0 saturated carbocycles. The number of hydrogen-bond acceptors (Lipinski definition) is 2. The molecule has 0 aliphatic carbocycles. The van der Waals surface area contributed by atoms with Crippen LogP contribution in [0, 0.1) is 0 Å². The Morgan fingerprint density at radius 1 is 1.25 bits per heavy atom. The molecule has 0 aliphatic heterocycles. The molecule has 0 aliphatic rings. The maximum Gasteiger partial charge on any atom is 0.258 e. The van der Waals surface area contributed by atoms with Crippen LogP contribution in [-0.2, 0) is 6.42 Å². The predicted octanol–water partition coefficient (Wildman–Crippen LogP) is 3.87. The fourth-order valence-corrected chi connectivity index (χ4v) is 2.54. The van der Waals surface area contributed by atoms with Gasteiger partial charge in [0.2, 0.25) is 0 Å². The third kappa shape index (κ3) is 2.85. The molecule has 3 nitrogen and oxygen atoms in total. The number of nitrogens with zero attached hydrogens (tertiary/aromatic N) is 1. The Labute approximate surface area is 127 Å². The number of carbonyl (C=O) groups excluding carboxylic acids is 1. The van der Waals surface area contributed by atoms with Crippen LogP contribution in [0.15, 0.2) is 46.9 Å². The van der Waals surface area contributed by atoms with Crippen LogP contribution in [0.25, 0.3) is 0 Å². The van der Waals surface area contributed by atoms with Gasteiger partial charge in [0.25, 0.3) is 5.91 Å². The summed E-state index contributed by atoms with van der Waals surface area (Å²) in [5, 5.41) is 0. The molecule has 0 radical (unpaired) electrons. The van der Waals surface area contributed by atoms with Crippen LogP contribution in [0.4, 0.5) is 11.4 Å². The smallest absolute Gasteiger partial charge is 0.258 e. The van der Waals surface area contributed by atoms with Gasteiger partial charge < -0.3 is 10.6 Å². The molecule has 2 rings (SSSR count). The van der Waals surface area contributed by atoms with E-state index in [-0.39, 0.29) is 5.91 Å². The van der Waals surface area contributed by atoms with Crippen LogP contribution >= 0.6 is 15.9 Å². The van der Waals surface area contributed by atoms with E-state index in [9.17, 15) is 4.79 Å². The molecule has 0 spiro atoms. The van der Waals surface area contributed by atoms with Crippen LogP contribution in [0.1, 0.15) is 22.8 Å². The summed E-state index contributed by atoms with van der Waals surface area (Å²) in [6.07, 6.45) is 0.825. The molecule has 0 atom stereocenters. The number of halogens is 1. The summed E-state index contributed by atoms with van der Waals surface area (Å²) in [6.45, 7) is 2.04. The minimum Gasteiger partial charge on any atom is -0.397 e. The maximum absolute atomic E-state index is 12.6. The monoisotopic (exact) mass is 332 g/mol. The lowest BCUT2D eigenvalue weighted by Crippen LogP contribution is -2.27. The first-order valence-electron chi connectivity index (χ1n) is 6.45. The van der Waals surface area contributed by atoms with Gasteiger partial charge in [0.1, 0.15) is 0 Å². The van der Waals surface area contributed by atoms with Gasteiger partial charge in [0, 0.05) is 17.1 Å². The Balaban J connectivity index is 2.37. The van der Waals surface area contributed by atoms with Crippen LogP contribution in [0.5, 0.6) is 0 Å². The number of nitrogens with two attached hydrogens (primary N) is 1. The van der Waals surface area contributed by atoms with Crippen molar-refractivity contribution < 1.29 is 4.79 Å². The average Bonchev–Trinajstić information content (AvgIpc) is 2.45. The third-order valence-electron chi connectivity index (χ3n) is 3.28. The van der Waals surface area contributed by atoms with Gasteiger partial charge in [0.05, 0.1) is 11.4 Å². The number of hydrogen-bond donors (Lipinski definition) is 1. The van der Waals surface area contributed by atoms with Gasteiger partial charge in [-0.3, -0.25) is 4.79 Å². The molecule has 0 unspecified atom stereocenters. The molecule has 0 fully saturated rings. The van der Waals surface area contributed by atoms with Gasteiger partial charge in [-0.1, -0.05) is 41.1 Å². The summed E-state index contributed by atoms with van der Waals surface area (Å²) < 4.78 is 0.897. The van der Waals surface area contributed by atoms with Crippen molar-refractivity contribution in [3.8, 4) is 0 Å². The van der Waals surface area contributed by atoms with Crippen molar-refractivity contribution in [2.45, 2.75) is 13.3 Å². The standard InChI is InChI=1S/C16H17BrN2O/c1-3-11-6-4-5-7-13(11)16(20)19(2)15-9-8-12(17)10-14(15)18/h4-10H,3,18H2,1-2H3. The topological polar surface area (TPSA) is 46.3 Å². The Hall–Kier alpha value is -1.81. The first-order valence-corrected chi connectivity index (χ1v) is 7.25. The molecule has 2 N–H and O–H groups in total. The lowest BCUT2D eigenvalue weighted by Gasteiger charge is -2.20. The van der Waals surface area contributed by atoms with Crippen molar-refractivity contribution in [2.24, 2.45) is 0 Å². The number of anilines is 2.